The second-order valence-electron chi connectivity index (χ2n) is 3.95. The van der Waals surface area contributed by atoms with Crippen molar-refractivity contribution in [2.24, 2.45) is 5.92 Å². The van der Waals surface area contributed by atoms with E-state index in [1.165, 1.54) is 16.5 Å². The SMILES string of the molecule is COCCCC(CBr)Cc1ccccc1Br. The smallest absolute Gasteiger partial charge is 0.0462 e. The van der Waals surface area contributed by atoms with E-state index in [0.29, 0.717) is 5.92 Å². The van der Waals surface area contributed by atoms with Gasteiger partial charge >= 0.3 is 0 Å². The number of alkyl halides is 1. The number of rotatable bonds is 7. The highest BCUT2D eigenvalue weighted by Crippen LogP contribution is 2.22. The van der Waals surface area contributed by atoms with Gasteiger partial charge in [-0.05, 0) is 36.8 Å². The van der Waals surface area contributed by atoms with Gasteiger partial charge in [-0.3, -0.25) is 0 Å². The number of ether oxygens (including phenoxy) is 1. The molecule has 0 radical (unpaired) electrons. The fourth-order valence-electron chi connectivity index (χ4n) is 1.73. The number of benzene rings is 1. The van der Waals surface area contributed by atoms with Gasteiger partial charge in [0, 0.05) is 23.5 Å². The summed E-state index contributed by atoms with van der Waals surface area (Å²) >= 11 is 7.19. The first kappa shape index (κ1) is 14.2. The predicted molar refractivity (Wildman–Crippen MR) is 76.2 cm³/mol. The Balaban J connectivity index is 2.46. The molecule has 0 aliphatic heterocycles. The van der Waals surface area contributed by atoms with Gasteiger partial charge in [0.2, 0.25) is 0 Å². The molecule has 1 atom stereocenters. The Labute approximate surface area is 115 Å². The number of hydrogen-bond acceptors (Lipinski definition) is 1. The Hall–Kier alpha value is 0.140. The standard InChI is InChI=1S/C13H18Br2O/c1-16-8-4-5-11(10-14)9-12-6-2-3-7-13(12)15/h2-3,6-7,11H,4-5,8-10H2,1H3. The molecule has 0 fully saturated rings. The van der Waals surface area contributed by atoms with Crippen LogP contribution < -0.4 is 0 Å². The zero-order valence-electron chi connectivity index (χ0n) is 9.59. The summed E-state index contributed by atoms with van der Waals surface area (Å²) < 4.78 is 6.30. The summed E-state index contributed by atoms with van der Waals surface area (Å²) in [6.07, 6.45) is 3.47. The van der Waals surface area contributed by atoms with Crippen LogP contribution in [0.15, 0.2) is 28.7 Å². The highest BCUT2D eigenvalue weighted by atomic mass is 79.9. The van der Waals surface area contributed by atoms with E-state index >= 15 is 0 Å². The van der Waals surface area contributed by atoms with E-state index in [1.807, 2.05) is 0 Å². The third-order valence-electron chi connectivity index (χ3n) is 2.65. The zero-order chi connectivity index (χ0) is 11.8. The largest absolute Gasteiger partial charge is 0.385 e. The topological polar surface area (TPSA) is 9.23 Å². The van der Waals surface area contributed by atoms with E-state index in [0.717, 1.165) is 24.8 Å². The summed E-state index contributed by atoms with van der Waals surface area (Å²) in [5, 5.41) is 1.05. The monoisotopic (exact) mass is 348 g/mol. The van der Waals surface area contributed by atoms with Gasteiger partial charge in [0.15, 0.2) is 0 Å². The maximum Gasteiger partial charge on any atom is 0.0462 e. The van der Waals surface area contributed by atoms with Crippen LogP contribution in [0.25, 0.3) is 0 Å². The second-order valence-corrected chi connectivity index (χ2v) is 5.45. The number of halogens is 2. The van der Waals surface area contributed by atoms with Crippen molar-refractivity contribution in [1.82, 2.24) is 0 Å². The van der Waals surface area contributed by atoms with Gasteiger partial charge in [0.1, 0.15) is 0 Å². The highest BCUT2D eigenvalue weighted by molar-refractivity contribution is 9.10. The van der Waals surface area contributed by atoms with E-state index in [9.17, 15) is 0 Å². The lowest BCUT2D eigenvalue weighted by atomic mass is 9.97. The van der Waals surface area contributed by atoms with Crippen molar-refractivity contribution in [2.45, 2.75) is 19.3 Å². The fraction of sp³-hybridized carbons (Fsp3) is 0.538. The van der Waals surface area contributed by atoms with Crippen LogP contribution in [0, 0.1) is 5.92 Å². The van der Waals surface area contributed by atoms with Crippen LogP contribution in [0.2, 0.25) is 0 Å². The minimum Gasteiger partial charge on any atom is -0.385 e. The van der Waals surface area contributed by atoms with Gasteiger partial charge < -0.3 is 4.74 Å². The molecular weight excluding hydrogens is 332 g/mol. The molecule has 0 N–H and O–H groups in total. The van der Waals surface area contributed by atoms with Crippen molar-refractivity contribution < 1.29 is 4.74 Å². The average Bonchev–Trinajstić information content (AvgIpc) is 2.30. The van der Waals surface area contributed by atoms with Crippen LogP contribution in [0.1, 0.15) is 18.4 Å². The molecule has 0 heterocycles. The zero-order valence-corrected chi connectivity index (χ0v) is 12.8. The van der Waals surface area contributed by atoms with E-state index in [2.05, 4.69) is 56.1 Å². The molecule has 0 amide bonds. The van der Waals surface area contributed by atoms with Crippen LogP contribution >= 0.6 is 31.9 Å². The summed E-state index contributed by atoms with van der Waals surface area (Å²) in [7, 11) is 1.76. The van der Waals surface area contributed by atoms with E-state index in [4.69, 9.17) is 4.74 Å². The van der Waals surface area contributed by atoms with Crippen LogP contribution in [0.3, 0.4) is 0 Å². The third-order valence-corrected chi connectivity index (χ3v) is 4.33. The molecular formula is C13H18Br2O. The highest BCUT2D eigenvalue weighted by Gasteiger charge is 2.09. The molecule has 0 bridgehead atoms. The minimum absolute atomic E-state index is 0.689. The minimum atomic E-state index is 0.689. The Morgan fingerprint density at radius 2 is 2.06 bits per heavy atom. The molecule has 0 saturated heterocycles. The van der Waals surface area contributed by atoms with Crippen molar-refractivity contribution >= 4 is 31.9 Å². The molecule has 1 unspecified atom stereocenters. The van der Waals surface area contributed by atoms with Crippen LogP contribution in [-0.4, -0.2) is 19.0 Å². The summed E-state index contributed by atoms with van der Waals surface area (Å²) in [4.78, 5) is 0. The molecule has 0 saturated carbocycles. The molecule has 0 aliphatic carbocycles. The van der Waals surface area contributed by atoms with Gasteiger partial charge in [-0.1, -0.05) is 50.1 Å². The Morgan fingerprint density at radius 3 is 2.69 bits per heavy atom. The van der Waals surface area contributed by atoms with Crippen molar-refractivity contribution in [3.63, 3.8) is 0 Å². The van der Waals surface area contributed by atoms with Crippen molar-refractivity contribution in [1.29, 1.82) is 0 Å². The molecule has 0 aromatic heterocycles. The van der Waals surface area contributed by atoms with Crippen molar-refractivity contribution in [3.05, 3.63) is 34.3 Å². The van der Waals surface area contributed by atoms with Crippen LogP contribution in [-0.2, 0) is 11.2 Å². The Kier molecular flexibility index (Phi) is 7.33. The lowest BCUT2D eigenvalue weighted by Gasteiger charge is -2.14. The molecule has 0 aliphatic rings. The van der Waals surface area contributed by atoms with Crippen LogP contribution in [0.5, 0.6) is 0 Å². The van der Waals surface area contributed by atoms with E-state index in [-0.39, 0.29) is 0 Å². The lowest BCUT2D eigenvalue weighted by molar-refractivity contribution is 0.188. The predicted octanol–water partition coefficient (Wildman–Crippen LogP) is 4.43. The first-order valence-corrected chi connectivity index (χ1v) is 7.47. The first-order chi connectivity index (χ1) is 7.77. The molecule has 1 aromatic rings. The van der Waals surface area contributed by atoms with Crippen molar-refractivity contribution in [2.75, 3.05) is 19.0 Å². The van der Waals surface area contributed by atoms with Gasteiger partial charge in [-0.2, -0.15) is 0 Å². The number of hydrogen-bond donors (Lipinski definition) is 0. The Morgan fingerprint density at radius 1 is 1.31 bits per heavy atom. The first-order valence-electron chi connectivity index (χ1n) is 5.56. The fourth-order valence-corrected chi connectivity index (χ4v) is 2.72. The summed E-state index contributed by atoms with van der Waals surface area (Å²) in [5.41, 5.74) is 1.39. The number of methoxy groups -OCH3 is 1. The van der Waals surface area contributed by atoms with E-state index < -0.39 is 0 Å². The molecule has 90 valence electrons. The van der Waals surface area contributed by atoms with Gasteiger partial charge in [-0.15, -0.1) is 0 Å². The maximum absolute atomic E-state index is 5.09. The molecule has 1 rings (SSSR count). The summed E-state index contributed by atoms with van der Waals surface area (Å²) in [6.45, 7) is 0.861. The Bertz CT molecular complexity index is 302. The van der Waals surface area contributed by atoms with Crippen molar-refractivity contribution in [3.8, 4) is 0 Å². The normalized spacial score (nSPS) is 12.7. The summed E-state index contributed by atoms with van der Waals surface area (Å²) in [5.74, 6) is 0.689. The van der Waals surface area contributed by atoms with E-state index in [1.54, 1.807) is 7.11 Å². The van der Waals surface area contributed by atoms with Crippen LogP contribution in [0.4, 0.5) is 0 Å². The second kappa shape index (κ2) is 8.26. The molecule has 1 aromatic carbocycles. The maximum atomic E-state index is 5.09. The lowest BCUT2D eigenvalue weighted by Crippen LogP contribution is -2.08. The van der Waals surface area contributed by atoms with Gasteiger partial charge in [0.25, 0.3) is 0 Å². The third kappa shape index (κ3) is 4.98. The molecule has 0 spiro atoms. The molecule has 3 heteroatoms. The molecule has 1 nitrogen and oxygen atoms in total. The molecule has 16 heavy (non-hydrogen) atoms. The average molecular weight is 350 g/mol. The quantitative estimate of drug-likeness (QED) is 0.522. The van der Waals surface area contributed by atoms with Gasteiger partial charge in [-0.25, -0.2) is 0 Å². The van der Waals surface area contributed by atoms with Gasteiger partial charge in [0.05, 0.1) is 0 Å². The summed E-state index contributed by atoms with van der Waals surface area (Å²) in [6, 6.07) is 8.45.